The third kappa shape index (κ3) is 3.80. The standard InChI is InChI=1S/C23H21N3O5S/c1-23(10-9-18(27)24-22(23)31)26-12-15-4-3-14(11-17(15)21(26)30)20(29)25-19(28)13-5-7-16(32-2)8-6-13/h3-8,11H,9-10,12H2,1-2H3,(H,24,27,31)(H,25,28,29). The van der Waals surface area contributed by atoms with Gasteiger partial charge in [0, 0.05) is 34.6 Å². The molecule has 8 nitrogen and oxygen atoms in total. The quantitative estimate of drug-likeness (QED) is 0.544. The topological polar surface area (TPSA) is 113 Å². The van der Waals surface area contributed by atoms with Gasteiger partial charge in [-0.05, 0) is 61.6 Å². The fraction of sp³-hybridized carbons (Fsp3) is 0.261. The Morgan fingerprint density at radius 1 is 1.03 bits per heavy atom. The maximum absolute atomic E-state index is 13.1. The average Bonchev–Trinajstić information content (AvgIpc) is 3.13. The Kier molecular flexibility index (Phi) is 5.60. The number of rotatable bonds is 4. The number of nitrogens with one attached hydrogen (secondary N) is 2. The highest BCUT2D eigenvalue weighted by Crippen LogP contribution is 2.34. The maximum atomic E-state index is 13.1. The zero-order valence-electron chi connectivity index (χ0n) is 17.6. The van der Waals surface area contributed by atoms with Gasteiger partial charge >= 0.3 is 0 Å². The lowest BCUT2D eigenvalue weighted by Gasteiger charge is -2.39. The van der Waals surface area contributed by atoms with Crippen molar-refractivity contribution in [1.82, 2.24) is 15.5 Å². The first-order valence-corrected chi connectivity index (χ1v) is 11.2. The molecule has 2 aliphatic heterocycles. The second-order valence-electron chi connectivity index (χ2n) is 7.93. The molecule has 2 aromatic carbocycles. The number of piperidine rings is 1. The number of carbonyl (C=O) groups is 5. The van der Waals surface area contributed by atoms with Crippen molar-refractivity contribution in [2.24, 2.45) is 0 Å². The van der Waals surface area contributed by atoms with Crippen LogP contribution >= 0.6 is 11.8 Å². The van der Waals surface area contributed by atoms with E-state index in [0.29, 0.717) is 16.7 Å². The van der Waals surface area contributed by atoms with Crippen LogP contribution in [0.25, 0.3) is 0 Å². The third-order valence-electron chi connectivity index (χ3n) is 5.93. The smallest absolute Gasteiger partial charge is 0.258 e. The molecular weight excluding hydrogens is 430 g/mol. The third-order valence-corrected chi connectivity index (χ3v) is 6.68. The summed E-state index contributed by atoms with van der Waals surface area (Å²) in [6.45, 7) is 1.84. The van der Waals surface area contributed by atoms with E-state index >= 15 is 0 Å². The van der Waals surface area contributed by atoms with E-state index in [1.807, 2.05) is 6.26 Å². The minimum Gasteiger partial charge on any atom is -0.320 e. The number of nitrogens with zero attached hydrogens (tertiary/aromatic N) is 1. The zero-order valence-corrected chi connectivity index (χ0v) is 18.4. The Morgan fingerprint density at radius 3 is 2.34 bits per heavy atom. The molecule has 5 amide bonds. The molecule has 9 heteroatoms. The Morgan fingerprint density at radius 2 is 1.69 bits per heavy atom. The number of thioether (sulfide) groups is 1. The molecule has 0 radical (unpaired) electrons. The van der Waals surface area contributed by atoms with Gasteiger partial charge in [-0.3, -0.25) is 34.6 Å². The molecule has 32 heavy (non-hydrogen) atoms. The lowest BCUT2D eigenvalue weighted by Crippen LogP contribution is -2.61. The van der Waals surface area contributed by atoms with Crippen LogP contribution in [0.2, 0.25) is 0 Å². The van der Waals surface area contributed by atoms with Gasteiger partial charge in [-0.25, -0.2) is 0 Å². The monoisotopic (exact) mass is 451 g/mol. The summed E-state index contributed by atoms with van der Waals surface area (Å²) < 4.78 is 0. The molecule has 2 aromatic rings. The second kappa shape index (κ2) is 8.23. The van der Waals surface area contributed by atoms with Gasteiger partial charge < -0.3 is 4.90 Å². The number of amides is 5. The van der Waals surface area contributed by atoms with Crippen molar-refractivity contribution in [1.29, 1.82) is 0 Å². The van der Waals surface area contributed by atoms with E-state index < -0.39 is 23.3 Å². The minimum absolute atomic E-state index is 0.149. The Labute approximate surface area is 188 Å². The number of benzene rings is 2. The van der Waals surface area contributed by atoms with E-state index in [1.54, 1.807) is 55.1 Å². The van der Waals surface area contributed by atoms with Crippen LogP contribution in [0.15, 0.2) is 47.4 Å². The summed E-state index contributed by atoms with van der Waals surface area (Å²) in [5, 5.41) is 4.63. The highest BCUT2D eigenvalue weighted by atomic mass is 32.2. The first kappa shape index (κ1) is 21.8. The number of fused-ring (bicyclic) bond motifs is 1. The predicted octanol–water partition coefficient (Wildman–Crippen LogP) is 2.13. The Hall–Kier alpha value is -3.46. The number of hydrogen-bond donors (Lipinski definition) is 2. The van der Waals surface area contributed by atoms with Gasteiger partial charge in [0.25, 0.3) is 23.6 Å². The molecule has 2 heterocycles. The minimum atomic E-state index is -1.15. The molecule has 1 fully saturated rings. The lowest BCUT2D eigenvalue weighted by molar-refractivity contribution is -0.142. The van der Waals surface area contributed by atoms with Gasteiger partial charge in [-0.1, -0.05) is 6.07 Å². The first-order valence-electron chi connectivity index (χ1n) is 10.0. The van der Waals surface area contributed by atoms with E-state index in [0.717, 1.165) is 4.90 Å². The van der Waals surface area contributed by atoms with Crippen molar-refractivity contribution in [3.63, 3.8) is 0 Å². The predicted molar refractivity (Wildman–Crippen MR) is 117 cm³/mol. The van der Waals surface area contributed by atoms with Gasteiger partial charge in [-0.15, -0.1) is 11.8 Å². The lowest BCUT2D eigenvalue weighted by atomic mass is 9.89. The highest BCUT2D eigenvalue weighted by Gasteiger charge is 2.48. The fourth-order valence-corrected chi connectivity index (χ4v) is 4.29. The van der Waals surface area contributed by atoms with Gasteiger partial charge in [0.15, 0.2) is 0 Å². The van der Waals surface area contributed by atoms with Crippen molar-refractivity contribution in [3.05, 3.63) is 64.7 Å². The van der Waals surface area contributed by atoms with Crippen LogP contribution in [0.4, 0.5) is 0 Å². The average molecular weight is 452 g/mol. The largest absolute Gasteiger partial charge is 0.320 e. The molecule has 1 unspecified atom stereocenters. The summed E-state index contributed by atoms with van der Waals surface area (Å²) in [4.78, 5) is 64.5. The zero-order chi connectivity index (χ0) is 23.0. The molecule has 164 valence electrons. The molecule has 0 saturated carbocycles. The molecular formula is C23H21N3O5S. The van der Waals surface area contributed by atoms with Crippen LogP contribution in [0.1, 0.15) is 56.4 Å². The van der Waals surface area contributed by atoms with Crippen LogP contribution in [-0.4, -0.2) is 46.2 Å². The summed E-state index contributed by atoms with van der Waals surface area (Å²) in [5.41, 5.74) is 0.356. The van der Waals surface area contributed by atoms with E-state index in [9.17, 15) is 24.0 Å². The Bertz CT molecular complexity index is 1160. The molecule has 1 atom stereocenters. The maximum Gasteiger partial charge on any atom is 0.258 e. The molecule has 0 spiro atoms. The second-order valence-corrected chi connectivity index (χ2v) is 8.81. The van der Waals surface area contributed by atoms with Gasteiger partial charge in [0.05, 0.1) is 0 Å². The summed E-state index contributed by atoms with van der Waals surface area (Å²) in [6, 6.07) is 11.5. The molecule has 0 aromatic heterocycles. The van der Waals surface area contributed by atoms with E-state index in [-0.39, 0.29) is 36.8 Å². The SMILES string of the molecule is CSc1ccc(C(=O)NC(=O)c2ccc3c(c2)C(=O)N(C2(C)CCC(=O)NC2=O)C3)cc1. The van der Waals surface area contributed by atoms with Crippen LogP contribution in [-0.2, 0) is 16.1 Å². The highest BCUT2D eigenvalue weighted by molar-refractivity contribution is 7.98. The van der Waals surface area contributed by atoms with Crippen LogP contribution < -0.4 is 10.6 Å². The summed E-state index contributed by atoms with van der Waals surface area (Å²) in [5.74, 6) is -2.41. The van der Waals surface area contributed by atoms with Crippen molar-refractivity contribution >= 4 is 41.3 Å². The van der Waals surface area contributed by atoms with Gasteiger partial charge in [0.1, 0.15) is 5.54 Å². The molecule has 2 N–H and O–H groups in total. The number of hydrogen-bond acceptors (Lipinski definition) is 6. The molecule has 0 bridgehead atoms. The molecule has 2 aliphatic rings. The number of imide groups is 2. The number of carbonyl (C=O) groups excluding carboxylic acids is 5. The summed E-state index contributed by atoms with van der Waals surface area (Å²) >= 11 is 1.55. The van der Waals surface area contributed by atoms with E-state index in [1.165, 1.54) is 11.0 Å². The van der Waals surface area contributed by atoms with Crippen LogP contribution in [0, 0.1) is 0 Å². The van der Waals surface area contributed by atoms with Crippen molar-refractivity contribution in [3.8, 4) is 0 Å². The van der Waals surface area contributed by atoms with Crippen molar-refractivity contribution in [2.45, 2.75) is 36.7 Å². The van der Waals surface area contributed by atoms with Crippen molar-refractivity contribution < 1.29 is 24.0 Å². The molecule has 4 rings (SSSR count). The molecule has 0 aliphatic carbocycles. The fourth-order valence-electron chi connectivity index (χ4n) is 3.88. The summed E-state index contributed by atoms with van der Waals surface area (Å²) in [6.07, 6.45) is 2.31. The van der Waals surface area contributed by atoms with E-state index in [2.05, 4.69) is 10.6 Å². The Balaban J connectivity index is 1.51. The van der Waals surface area contributed by atoms with Gasteiger partial charge in [-0.2, -0.15) is 0 Å². The summed E-state index contributed by atoms with van der Waals surface area (Å²) in [7, 11) is 0. The van der Waals surface area contributed by atoms with E-state index in [4.69, 9.17) is 0 Å². The van der Waals surface area contributed by atoms with Gasteiger partial charge in [0.2, 0.25) is 5.91 Å². The molecule has 1 saturated heterocycles. The normalized spacial score (nSPS) is 20.1. The van der Waals surface area contributed by atoms with Crippen molar-refractivity contribution in [2.75, 3.05) is 6.26 Å². The first-order chi connectivity index (χ1) is 15.2. The van der Waals surface area contributed by atoms with Crippen LogP contribution in [0.3, 0.4) is 0 Å². The van der Waals surface area contributed by atoms with Crippen LogP contribution in [0.5, 0.6) is 0 Å².